The van der Waals surface area contributed by atoms with Crippen LogP contribution in [0.3, 0.4) is 0 Å². The summed E-state index contributed by atoms with van der Waals surface area (Å²) in [5.74, 6) is 0.690. The van der Waals surface area contributed by atoms with Crippen molar-refractivity contribution in [3.05, 3.63) is 18.0 Å². The van der Waals surface area contributed by atoms with E-state index in [1.165, 1.54) is 37.9 Å². The lowest BCUT2D eigenvalue weighted by Crippen LogP contribution is -2.31. The Morgan fingerprint density at radius 2 is 2.12 bits per heavy atom. The summed E-state index contributed by atoms with van der Waals surface area (Å²) in [5.41, 5.74) is 1.42. The maximum absolute atomic E-state index is 4.58. The van der Waals surface area contributed by atoms with E-state index in [1.807, 2.05) is 0 Å². The second-order valence-electron chi connectivity index (χ2n) is 5.48. The van der Waals surface area contributed by atoms with Crippen molar-refractivity contribution in [1.29, 1.82) is 0 Å². The SMILES string of the molecule is CN1CCC(n2cc(C3CCNC3)cn2)CC1. The van der Waals surface area contributed by atoms with Crippen LogP contribution in [-0.2, 0) is 0 Å². The molecule has 1 aromatic rings. The van der Waals surface area contributed by atoms with Crippen molar-refractivity contribution < 1.29 is 0 Å². The van der Waals surface area contributed by atoms with E-state index < -0.39 is 0 Å². The average molecular weight is 234 g/mol. The monoisotopic (exact) mass is 234 g/mol. The fourth-order valence-corrected chi connectivity index (χ4v) is 2.96. The van der Waals surface area contributed by atoms with Crippen molar-refractivity contribution in [3.8, 4) is 0 Å². The van der Waals surface area contributed by atoms with Crippen LogP contribution in [0.5, 0.6) is 0 Å². The molecule has 0 aliphatic carbocycles. The van der Waals surface area contributed by atoms with Gasteiger partial charge in [0.2, 0.25) is 0 Å². The summed E-state index contributed by atoms with van der Waals surface area (Å²) in [5, 5.41) is 8.00. The number of nitrogens with one attached hydrogen (secondary N) is 1. The van der Waals surface area contributed by atoms with Gasteiger partial charge in [0.1, 0.15) is 0 Å². The molecule has 0 saturated carbocycles. The zero-order valence-electron chi connectivity index (χ0n) is 10.6. The molecule has 2 fully saturated rings. The highest BCUT2D eigenvalue weighted by Crippen LogP contribution is 2.25. The molecule has 1 atom stereocenters. The Bertz CT molecular complexity index is 359. The Balaban J connectivity index is 1.67. The summed E-state index contributed by atoms with van der Waals surface area (Å²) in [7, 11) is 2.20. The Hall–Kier alpha value is -0.870. The maximum atomic E-state index is 4.58. The van der Waals surface area contributed by atoms with Crippen LogP contribution < -0.4 is 5.32 Å². The van der Waals surface area contributed by atoms with Crippen LogP contribution in [0.2, 0.25) is 0 Å². The summed E-state index contributed by atoms with van der Waals surface area (Å²) >= 11 is 0. The molecule has 1 unspecified atom stereocenters. The van der Waals surface area contributed by atoms with E-state index in [1.54, 1.807) is 0 Å². The fraction of sp³-hybridized carbons (Fsp3) is 0.769. The number of nitrogens with zero attached hydrogens (tertiary/aromatic N) is 3. The van der Waals surface area contributed by atoms with Crippen LogP contribution in [0, 0.1) is 0 Å². The van der Waals surface area contributed by atoms with Crippen molar-refractivity contribution >= 4 is 0 Å². The minimum Gasteiger partial charge on any atom is -0.316 e. The van der Waals surface area contributed by atoms with Crippen molar-refractivity contribution in [1.82, 2.24) is 20.0 Å². The van der Waals surface area contributed by atoms with Gasteiger partial charge in [0.25, 0.3) is 0 Å². The van der Waals surface area contributed by atoms with Crippen LogP contribution in [0.15, 0.2) is 12.4 Å². The lowest BCUT2D eigenvalue weighted by Gasteiger charge is -2.29. The van der Waals surface area contributed by atoms with E-state index >= 15 is 0 Å². The predicted molar refractivity (Wildman–Crippen MR) is 68.2 cm³/mol. The van der Waals surface area contributed by atoms with Gasteiger partial charge in [-0.1, -0.05) is 0 Å². The molecule has 3 rings (SSSR count). The van der Waals surface area contributed by atoms with Gasteiger partial charge >= 0.3 is 0 Å². The molecule has 0 radical (unpaired) electrons. The number of aromatic nitrogens is 2. The van der Waals surface area contributed by atoms with E-state index in [-0.39, 0.29) is 0 Å². The van der Waals surface area contributed by atoms with Crippen molar-refractivity contribution in [2.24, 2.45) is 0 Å². The summed E-state index contributed by atoms with van der Waals surface area (Å²) < 4.78 is 2.21. The van der Waals surface area contributed by atoms with Crippen LogP contribution in [0.25, 0.3) is 0 Å². The van der Waals surface area contributed by atoms with E-state index in [0.29, 0.717) is 12.0 Å². The molecule has 0 aromatic carbocycles. The van der Waals surface area contributed by atoms with E-state index in [0.717, 1.165) is 13.1 Å². The molecule has 94 valence electrons. The smallest absolute Gasteiger partial charge is 0.0543 e. The lowest BCUT2D eigenvalue weighted by molar-refractivity contribution is 0.212. The molecule has 0 amide bonds. The lowest BCUT2D eigenvalue weighted by atomic mass is 10.0. The molecule has 0 spiro atoms. The zero-order valence-corrected chi connectivity index (χ0v) is 10.6. The summed E-state index contributed by atoms with van der Waals surface area (Å²) in [6.07, 6.45) is 8.10. The summed E-state index contributed by atoms with van der Waals surface area (Å²) in [6.45, 7) is 4.68. The fourth-order valence-electron chi connectivity index (χ4n) is 2.96. The van der Waals surface area contributed by atoms with Gasteiger partial charge in [-0.2, -0.15) is 5.10 Å². The van der Waals surface area contributed by atoms with E-state index in [2.05, 4.69) is 39.4 Å². The largest absolute Gasteiger partial charge is 0.316 e. The van der Waals surface area contributed by atoms with Gasteiger partial charge in [-0.3, -0.25) is 4.68 Å². The third-order valence-corrected chi connectivity index (χ3v) is 4.22. The topological polar surface area (TPSA) is 33.1 Å². The Morgan fingerprint density at radius 1 is 1.29 bits per heavy atom. The van der Waals surface area contributed by atoms with Gasteiger partial charge < -0.3 is 10.2 Å². The Morgan fingerprint density at radius 3 is 2.82 bits per heavy atom. The standard InChI is InChI=1S/C13H22N4/c1-16-6-3-13(4-7-16)17-10-12(9-15-17)11-2-5-14-8-11/h9-11,13-14H,2-8H2,1H3. The average Bonchev–Trinajstić information content (AvgIpc) is 3.00. The highest BCUT2D eigenvalue weighted by molar-refractivity contribution is 5.14. The normalized spacial score (nSPS) is 27.7. The molecule has 1 N–H and O–H groups in total. The molecule has 2 aliphatic heterocycles. The van der Waals surface area contributed by atoms with Crippen molar-refractivity contribution in [3.63, 3.8) is 0 Å². The molecular weight excluding hydrogens is 212 g/mol. The Labute approximate surface area is 103 Å². The maximum Gasteiger partial charge on any atom is 0.0543 e. The number of hydrogen-bond donors (Lipinski definition) is 1. The predicted octanol–water partition coefficient (Wildman–Crippen LogP) is 1.23. The van der Waals surface area contributed by atoms with Crippen molar-refractivity contribution in [2.75, 3.05) is 33.2 Å². The van der Waals surface area contributed by atoms with Crippen LogP contribution in [0.1, 0.15) is 36.8 Å². The van der Waals surface area contributed by atoms with E-state index in [4.69, 9.17) is 0 Å². The van der Waals surface area contributed by atoms with Gasteiger partial charge in [-0.05, 0) is 51.5 Å². The molecule has 4 nitrogen and oxygen atoms in total. The Kier molecular flexibility index (Phi) is 3.16. The van der Waals surface area contributed by atoms with Crippen LogP contribution in [0.4, 0.5) is 0 Å². The van der Waals surface area contributed by atoms with Gasteiger partial charge in [-0.25, -0.2) is 0 Å². The number of hydrogen-bond acceptors (Lipinski definition) is 3. The first-order valence-electron chi connectivity index (χ1n) is 6.76. The first-order valence-corrected chi connectivity index (χ1v) is 6.76. The minimum absolute atomic E-state index is 0.620. The zero-order chi connectivity index (χ0) is 11.7. The quantitative estimate of drug-likeness (QED) is 0.835. The molecule has 2 saturated heterocycles. The van der Waals surface area contributed by atoms with Gasteiger partial charge in [0.05, 0.1) is 12.2 Å². The highest BCUT2D eigenvalue weighted by atomic mass is 15.3. The summed E-state index contributed by atoms with van der Waals surface area (Å²) in [6, 6.07) is 0.620. The van der Waals surface area contributed by atoms with E-state index in [9.17, 15) is 0 Å². The molecule has 4 heteroatoms. The van der Waals surface area contributed by atoms with Gasteiger partial charge in [0, 0.05) is 18.7 Å². The molecule has 17 heavy (non-hydrogen) atoms. The van der Waals surface area contributed by atoms with Crippen molar-refractivity contribution in [2.45, 2.75) is 31.2 Å². The second kappa shape index (κ2) is 4.78. The highest BCUT2D eigenvalue weighted by Gasteiger charge is 2.22. The number of piperidine rings is 1. The molecule has 2 aliphatic rings. The number of rotatable bonds is 2. The minimum atomic E-state index is 0.620. The number of likely N-dealkylation sites (tertiary alicyclic amines) is 1. The molecule has 0 bridgehead atoms. The first-order chi connectivity index (χ1) is 8.33. The molecule has 3 heterocycles. The molecule has 1 aromatic heterocycles. The molecular formula is C13H22N4. The third-order valence-electron chi connectivity index (χ3n) is 4.22. The van der Waals surface area contributed by atoms with Gasteiger partial charge in [-0.15, -0.1) is 0 Å². The first kappa shape index (κ1) is 11.2. The van der Waals surface area contributed by atoms with Gasteiger partial charge in [0.15, 0.2) is 0 Å². The second-order valence-corrected chi connectivity index (χ2v) is 5.48. The summed E-state index contributed by atoms with van der Waals surface area (Å²) in [4.78, 5) is 2.40. The van der Waals surface area contributed by atoms with Crippen LogP contribution >= 0.6 is 0 Å². The van der Waals surface area contributed by atoms with Crippen LogP contribution in [-0.4, -0.2) is 47.9 Å². The third kappa shape index (κ3) is 2.38.